The van der Waals surface area contributed by atoms with Crippen molar-refractivity contribution in [2.75, 3.05) is 26.2 Å². The number of piperazine rings is 1. The van der Waals surface area contributed by atoms with Gasteiger partial charge in [0, 0.05) is 63.4 Å². The lowest BCUT2D eigenvalue weighted by molar-refractivity contribution is -0.172. The van der Waals surface area contributed by atoms with Crippen LogP contribution >= 0.6 is 0 Å². The maximum Gasteiger partial charge on any atom is 0.382 e. The molecule has 5 atom stereocenters. The minimum atomic E-state index is -0.949. The minimum absolute atomic E-state index is 0.0168. The van der Waals surface area contributed by atoms with Crippen LogP contribution in [-0.2, 0) is 43.4 Å². The predicted molar refractivity (Wildman–Crippen MR) is 201 cm³/mol. The molecule has 292 valence electrons. The van der Waals surface area contributed by atoms with E-state index in [4.69, 9.17) is 4.84 Å². The van der Waals surface area contributed by atoms with Gasteiger partial charge in [0.1, 0.15) is 6.04 Å². The van der Waals surface area contributed by atoms with Crippen molar-refractivity contribution in [2.45, 2.75) is 89.3 Å². The van der Waals surface area contributed by atoms with Gasteiger partial charge < -0.3 is 25.7 Å². The normalized spacial score (nSPS) is 21.5. The molecule has 2 aliphatic heterocycles. The van der Waals surface area contributed by atoms with Crippen LogP contribution in [0.4, 0.5) is 0 Å². The van der Waals surface area contributed by atoms with E-state index < -0.39 is 53.5 Å². The topological polar surface area (TPSA) is 182 Å². The highest BCUT2D eigenvalue weighted by molar-refractivity contribution is 6.02. The van der Waals surface area contributed by atoms with E-state index in [9.17, 15) is 34.2 Å². The smallest absolute Gasteiger partial charge is 0.382 e. The highest BCUT2D eigenvalue weighted by Gasteiger charge is 2.38. The van der Waals surface area contributed by atoms with Crippen LogP contribution in [0.1, 0.15) is 78.9 Å². The molecule has 4 N–H and O–H groups in total. The van der Waals surface area contributed by atoms with Crippen molar-refractivity contribution < 1.29 is 39.0 Å². The van der Waals surface area contributed by atoms with E-state index >= 15 is 0 Å². The van der Waals surface area contributed by atoms with Crippen molar-refractivity contribution in [2.24, 2.45) is 5.92 Å². The van der Waals surface area contributed by atoms with Gasteiger partial charge in [-0.15, -0.1) is 5.06 Å². The van der Waals surface area contributed by atoms with Crippen LogP contribution in [0.5, 0.6) is 0 Å². The first kappa shape index (κ1) is 39.7. The van der Waals surface area contributed by atoms with Crippen molar-refractivity contribution in [3.63, 3.8) is 0 Å². The average Bonchev–Trinajstić information content (AvgIpc) is 3.63. The van der Waals surface area contributed by atoms with Gasteiger partial charge in [-0.25, -0.2) is 9.78 Å². The van der Waals surface area contributed by atoms with E-state index in [2.05, 4.69) is 15.6 Å². The van der Waals surface area contributed by atoms with E-state index in [0.717, 1.165) is 16.7 Å². The molecule has 4 amide bonds. The zero-order chi connectivity index (χ0) is 39.3. The third-order valence-electron chi connectivity index (χ3n) is 10.2. The number of carbonyl (C=O) groups is 5. The SMILES string of the molecule is CC(C)(C)NC(=O)[C@@H]1CN(Cc2cccc(C(=O)ON3C(=O)CCC3=O)n2)CCN1C[C@@H](O)C[C@@H](Cc1ccccc1)C(=O)N[C@H]1c2ccccc2C[C@H]1O. The van der Waals surface area contributed by atoms with Crippen LogP contribution in [0.15, 0.2) is 72.8 Å². The number of imide groups is 1. The van der Waals surface area contributed by atoms with Gasteiger partial charge in [-0.3, -0.25) is 29.0 Å². The van der Waals surface area contributed by atoms with Crippen molar-refractivity contribution >= 4 is 29.6 Å². The fraction of sp³-hybridized carbons (Fsp3) is 0.463. The summed E-state index contributed by atoms with van der Waals surface area (Å²) in [6.45, 7) is 7.39. The summed E-state index contributed by atoms with van der Waals surface area (Å²) < 4.78 is 0. The van der Waals surface area contributed by atoms with E-state index in [0.29, 0.717) is 49.8 Å². The molecule has 2 saturated heterocycles. The number of aromatic nitrogens is 1. The molecule has 3 aromatic rings. The van der Waals surface area contributed by atoms with E-state index in [-0.39, 0.29) is 43.3 Å². The molecule has 3 heterocycles. The second-order valence-corrected chi connectivity index (χ2v) is 15.7. The molecule has 0 saturated carbocycles. The highest BCUT2D eigenvalue weighted by Crippen LogP contribution is 2.32. The van der Waals surface area contributed by atoms with Crippen LogP contribution in [0.2, 0.25) is 0 Å². The summed E-state index contributed by atoms with van der Waals surface area (Å²) in [5.41, 5.74) is 2.79. The molecule has 0 radical (unpaired) electrons. The summed E-state index contributed by atoms with van der Waals surface area (Å²) >= 11 is 0. The second-order valence-electron chi connectivity index (χ2n) is 15.7. The van der Waals surface area contributed by atoms with E-state index in [1.54, 1.807) is 12.1 Å². The van der Waals surface area contributed by atoms with E-state index in [1.807, 2.05) is 85.2 Å². The first-order valence-electron chi connectivity index (χ1n) is 18.8. The number of nitrogens with zero attached hydrogens (tertiary/aromatic N) is 4. The quantitative estimate of drug-likeness (QED) is 0.188. The highest BCUT2D eigenvalue weighted by atomic mass is 16.7. The van der Waals surface area contributed by atoms with Gasteiger partial charge in [0.15, 0.2) is 5.69 Å². The standard InChI is InChI=1S/C41H50N6O8/c1-41(2,3)44-39(53)33-25-45(23-29-13-9-15-32(42-29)40(54)55-47-35(50)16-17-36(47)51)18-19-46(33)24-30(48)21-28(20-26-10-5-4-6-11-26)38(52)43-37-31-14-8-7-12-27(31)22-34(37)49/h4-15,28,30,33-34,37,48-49H,16-25H2,1-3H3,(H,43,52)(H,44,53)/t28-,30+,33+,34-,37+/m1/s1. The number of nitrogens with one attached hydrogen (secondary N) is 2. The third-order valence-corrected chi connectivity index (χ3v) is 10.2. The number of fused-ring (bicyclic) bond motifs is 1. The maximum atomic E-state index is 13.9. The lowest BCUT2D eigenvalue weighted by Crippen LogP contribution is -2.62. The molecule has 14 heteroatoms. The second kappa shape index (κ2) is 17.2. The molecule has 0 unspecified atom stereocenters. The van der Waals surface area contributed by atoms with Gasteiger partial charge in [-0.05, 0) is 62.4 Å². The Morgan fingerprint density at radius 1 is 0.945 bits per heavy atom. The molecule has 2 aromatic carbocycles. The van der Waals surface area contributed by atoms with Crippen molar-refractivity contribution in [3.8, 4) is 0 Å². The van der Waals surface area contributed by atoms with Crippen LogP contribution < -0.4 is 10.6 Å². The molecule has 6 rings (SSSR count). The summed E-state index contributed by atoms with van der Waals surface area (Å²) in [5.74, 6) is -3.15. The molecular weight excluding hydrogens is 704 g/mol. The Hall–Kier alpha value is -5.02. The van der Waals surface area contributed by atoms with Crippen molar-refractivity contribution in [1.82, 2.24) is 30.5 Å². The first-order valence-corrected chi connectivity index (χ1v) is 18.8. The molecule has 0 bridgehead atoms. The van der Waals surface area contributed by atoms with Crippen molar-refractivity contribution in [1.29, 1.82) is 0 Å². The monoisotopic (exact) mass is 754 g/mol. The Bertz CT molecular complexity index is 1870. The summed E-state index contributed by atoms with van der Waals surface area (Å²) in [6, 6.07) is 20.9. The summed E-state index contributed by atoms with van der Waals surface area (Å²) in [7, 11) is 0. The van der Waals surface area contributed by atoms with Crippen LogP contribution in [0.25, 0.3) is 0 Å². The van der Waals surface area contributed by atoms with Crippen LogP contribution in [0.3, 0.4) is 0 Å². The van der Waals surface area contributed by atoms with Gasteiger partial charge in [0.2, 0.25) is 11.8 Å². The number of amides is 4. The summed E-state index contributed by atoms with van der Waals surface area (Å²) in [6.07, 6.45) is -0.752. The number of β-amino-alcohol motifs (C(OH)–C–C–N with tert-alkyl or cyclic N) is 1. The average molecular weight is 755 g/mol. The lowest BCUT2D eigenvalue weighted by Gasteiger charge is -2.42. The number of aliphatic hydroxyl groups is 2. The maximum absolute atomic E-state index is 13.9. The fourth-order valence-electron chi connectivity index (χ4n) is 7.51. The zero-order valence-electron chi connectivity index (χ0n) is 31.5. The van der Waals surface area contributed by atoms with E-state index in [1.165, 1.54) is 6.07 Å². The summed E-state index contributed by atoms with van der Waals surface area (Å²) in [4.78, 5) is 77.8. The minimum Gasteiger partial charge on any atom is -0.392 e. The Morgan fingerprint density at radius 3 is 2.38 bits per heavy atom. The predicted octanol–water partition coefficient (Wildman–Crippen LogP) is 2.09. The van der Waals surface area contributed by atoms with Gasteiger partial charge in [-0.2, -0.15) is 0 Å². The number of benzene rings is 2. The largest absolute Gasteiger partial charge is 0.392 e. The number of aliphatic hydroxyl groups excluding tert-OH is 2. The number of rotatable bonds is 13. The molecule has 2 fully saturated rings. The zero-order valence-corrected chi connectivity index (χ0v) is 31.5. The van der Waals surface area contributed by atoms with Crippen LogP contribution in [-0.4, -0.2) is 110 Å². The Balaban J connectivity index is 1.13. The molecule has 3 aliphatic rings. The molecule has 0 spiro atoms. The van der Waals surface area contributed by atoms with Gasteiger partial charge in [0.05, 0.1) is 23.9 Å². The van der Waals surface area contributed by atoms with Gasteiger partial charge in [-0.1, -0.05) is 60.7 Å². The van der Waals surface area contributed by atoms with Crippen molar-refractivity contribution in [3.05, 3.63) is 101 Å². The fourth-order valence-corrected chi connectivity index (χ4v) is 7.51. The molecule has 14 nitrogen and oxygen atoms in total. The molecule has 55 heavy (non-hydrogen) atoms. The Kier molecular flexibility index (Phi) is 12.4. The number of hydroxylamine groups is 2. The number of hydrogen-bond donors (Lipinski definition) is 4. The first-order chi connectivity index (χ1) is 26.2. The lowest BCUT2D eigenvalue weighted by atomic mass is 9.91. The number of hydrogen-bond acceptors (Lipinski definition) is 11. The number of pyridine rings is 1. The Labute approximate surface area is 320 Å². The summed E-state index contributed by atoms with van der Waals surface area (Å²) in [5, 5.41) is 29.1. The third kappa shape index (κ3) is 10.2. The molecule has 1 aliphatic carbocycles. The van der Waals surface area contributed by atoms with Gasteiger partial charge >= 0.3 is 5.97 Å². The van der Waals surface area contributed by atoms with Gasteiger partial charge in [0.25, 0.3) is 11.8 Å². The Morgan fingerprint density at radius 2 is 1.65 bits per heavy atom. The number of carbonyl (C=O) groups excluding carboxylic acids is 5. The molecular formula is C41H50N6O8. The van der Waals surface area contributed by atoms with Crippen LogP contribution in [0, 0.1) is 5.92 Å². The molecule has 1 aromatic heterocycles.